The largest absolute Gasteiger partial charge is 0.392 e. The molecule has 1 saturated heterocycles. The van der Waals surface area contributed by atoms with Crippen molar-refractivity contribution in [3.63, 3.8) is 0 Å². The van der Waals surface area contributed by atoms with Gasteiger partial charge in [0.2, 0.25) is 0 Å². The molecule has 1 fully saturated rings. The molecule has 1 aromatic rings. The van der Waals surface area contributed by atoms with E-state index in [0.29, 0.717) is 6.04 Å². The fourth-order valence-electron chi connectivity index (χ4n) is 2.56. The van der Waals surface area contributed by atoms with Crippen LogP contribution in [0.3, 0.4) is 0 Å². The molecule has 2 heteroatoms. The van der Waals surface area contributed by atoms with Gasteiger partial charge in [-0.3, -0.25) is 0 Å². The van der Waals surface area contributed by atoms with E-state index < -0.39 is 0 Å². The number of piperidine rings is 1. The lowest BCUT2D eigenvalue weighted by atomic mass is 9.99. The number of hydrogen-bond acceptors (Lipinski definition) is 2. The molecule has 2 nitrogen and oxygen atoms in total. The summed E-state index contributed by atoms with van der Waals surface area (Å²) in [6.45, 7) is 3.58. The van der Waals surface area contributed by atoms with Crippen LogP contribution in [0.2, 0.25) is 0 Å². The summed E-state index contributed by atoms with van der Waals surface area (Å²) in [5, 5.41) is 9.02. The van der Waals surface area contributed by atoms with Gasteiger partial charge >= 0.3 is 0 Å². The molecular formula is C14H21NO. The van der Waals surface area contributed by atoms with Crippen LogP contribution in [0, 0.1) is 0 Å². The lowest BCUT2D eigenvalue weighted by Gasteiger charge is -2.37. The molecule has 0 amide bonds. The zero-order chi connectivity index (χ0) is 11.4. The highest BCUT2D eigenvalue weighted by Gasteiger charge is 2.20. The summed E-state index contributed by atoms with van der Waals surface area (Å²) in [5.74, 6) is 0. The summed E-state index contributed by atoms with van der Waals surface area (Å²) in [5.41, 5.74) is 2.30. The van der Waals surface area contributed by atoms with Gasteiger partial charge in [-0.05, 0) is 43.4 Å². The van der Waals surface area contributed by atoms with E-state index in [1.165, 1.54) is 37.9 Å². The first-order chi connectivity index (χ1) is 7.85. The average Bonchev–Trinajstić information content (AvgIpc) is 2.39. The maximum atomic E-state index is 9.02. The predicted molar refractivity (Wildman–Crippen MR) is 67.6 cm³/mol. The maximum absolute atomic E-state index is 9.02. The third kappa shape index (κ3) is 2.38. The molecule has 1 unspecified atom stereocenters. The normalized spacial score (nSPS) is 21.1. The van der Waals surface area contributed by atoms with E-state index in [-0.39, 0.29) is 6.61 Å². The number of rotatable bonds is 3. The minimum atomic E-state index is 0.136. The van der Waals surface area contributed by atoms with E-state index in [0.717, 1.165) is 5.56 Å². The molecule has 88 valence electrons. The van der Waals surface area contributed by atoms with Crippen LogP contribution >= 0.6 is 0 Å². The van der Waals surface area contributed by atoms with Gasteiger partial charge < -0.3 is 10.0 Å². The fourth-order valence-corrected chi connectivity index (χ4v) is 2.56. The van der Waals surface area contributed by atoms with Crippen LogP contribution < -0.4 is 4.90 Å². The van der Waals surface area contributed by atoms with Gasteiger partial charge in [0.05, 0.1) is 6.61 Å². The zero-order valence-corrected chi connectivity index (χ0v) is 10.0. The number of benzene rings is 1. The van der Waals surface area contributed by atoms with Crippen molar-refractivity contribution in [3.05, 3.63) is 29.8 Å². The van der Waals surface area contributed by atoms with Crippen LogP contribution in [0.15, 0.2) is 24.3 Å². The van der Waals surface area contributed by atoms with Crippen LogP contribution in [0.4, 0.5) is 5.69 Å². The van der Waals surface area contributed by atoms with Crippen LogP contribution in [0.5, 0.6) is 0 Å². The Morgan fingerprint density at radius 1 is 1.25 bits per heavy atom. The minimum Gasteiger partial charge on any atom is -0.392 e. The van der Waals surface area contributed by atoms with Crippen LogP contribution in [0.25, 0.3) is 0 Å². The van der Waals surface area contributed by atoms with Crippen molar-refractivity contribution < 1.29 is 5.11 Å². The van der Waals surface area contributed by atoms with Gasteiger partial charge in [0.25, 0.3) is 0 Å². The smallest absolute Gasteiger partial charge is 0.0681 e. The van der Waals surface area contributed by atoms with Crippen molar-refractivity contribution in [2.75, 3.05) is 11.4 Å². The van der Waals surface area contributed by atoms with E-state index >= 15 is 0 Å². The van der Waals surface area contributed by atoms with Crippen LogP contribution in [-0.2, 0) is 6.61 Å². The van der Waals surface area contributed by atoms with E-state index in [4.69, 9.17) is 5.11 Å². The standard InChI is InChI=1S/C14H21NO/c1-2-13-5-3-4-10-15(13)14-8-6-12(11-16)7-9-14/h6-9,13,16H,2-5,10-11H2,1H3. The Hall–Kier alpha value is -1.02. The quantitative estimate of drug-likeness (QED) is 0.845. The summed E-state index contributed by atoms with van der Waals surface area (Å²) >= 11 is 0. The number of hydrogen-bond donors (Lipinski definition) is 1. The molecule has 1 atom stereocenters. The number of aliphatic hydroxyl groups is 1. The predicted octanol–water partition coefficient (Wildman–Crippen LogP) is 2.95. The van der Waals surface area contributed by atoms with Crippen molar-refractivity contribution in [1.29, 1.82) is 0 Å². The van der Waals surface area contributed by atoms with E-state index in [9.17, 15) is 0 Å². The third-order valence-electron chi connectivity index (χ3n) is 3.55. The first-order valence-electron chi connectivity index (χ1n) is 6.31. The lowest BCUT2D eigenvalue weighted by molar-refractivity contribution is 0.282. The fraction of sp³-hybridized carbons (Fsp3) is 0.571. The van der Waals surface area contributed by atoms with Crippen molar-refractivity contribution in [3.8, 4) is 0 Å². The first kappa shape index (κ1) is 11.5. The van der Waals surface area contributed by atoms with Crippen molar-refractivity contribution in [2.24, 2.45) is 0 Å². The monoisotopic (exact) mass is 219 g/mol. The van der Waals surface area contributed by atoms with Gasteiger partial charge in [-0.25, -0.2) is 0 Å². The second-order valence-electron chi connectivity index (χ2n) is 4.58. The molecule has 16 heavy (non-hydrogen) atoms. The number of aliphatic hydroxyl groups excluding tert-OH is 1. The highest BCUT2D eigenvalue weighted by Crippen LogP contribution is 2.26. The number of anilines is 1. The minimum absolute atomic E-state index is 0.136. The molecule has 1 aromatic carbocycles. The second-order valence-corrected chi connectivity index (χ2v) is 4.58. The van der Waals surface area contributed by atoms with Crippen molar-refractivity contribution in [1.82, 2.24) is 0 Å². The zero-order valence-electron chi connectivity index (χ0n) is 10.0. The third-order valence-corrected chi connectivity index (χ3v) is 3.55. The van der Waals surface area contributed by atoms with Gasteiger partial charge in [0.1, 0.15) is 0 Å². The maximum Gasteiger partial charge on any atom is 0.0681 e. The Bertz CT molecular complexity index is 320. The molecule has 0 spiro atoms. The van der Waals surface area contributed by atoms with Gasteiger partial charge in [0, 0.05) is 18.3 Å². The first-order valence-corrected chi connectivity index (χ1v) is 6.31. The summed E-state index contributed by atoms with van der Waals surface area (Å²) in [6.07, 6.45) is 5.21. The molecule has 0 bridgehead atoms. The van der Waals surface area contributed by atoms with Crippen molar-refractivity contribution in [2.45, 2.75) is 45.3 Å². The molecule has 1 aliphatic rings. The Labute approximate surface area is 97.9 Å². The summed E-state index contributed by atoms with van der Waals surface area (Å²) in [6, 6.07) is 9.03. The topological polar surface area (TPSA) is 23.5 Å². The SMILES string of the molecule is CCC1CCCCN1c1ccc(CO)cc1. The summed E-state index contributed by atoms with van der Waals surface area (Å²) in [4.78, 5) is 2.52. The highest BCUT2D eigenvalue weighted by molar-refractivity contribution is 5.48. The molecule has 2 rings (SSSR count). The lowest BCUT2D eigenvalue weighted by Crippen LogP contribution is -2.39. The Balaban J connectivity index is 2.14. The van der Waals surface area contributed by atoms with Gasteiger partial charge in [-0.1, -0.05) is 19.1 Å². The van der Waals surface area contributed by atoms with Crippen LogP contribution in [0.1, 0.15) is 38.2 Å². The Morgan fingerprint density at radius 2 is 2.00 bits per heavy atom. The number of nitrogens with zero attached hydrogens (tertiary/aromatic N) is 1. The average molecular weight is 219 g/mol. The Kier molecular flexibility index (Phi) is 3.83. The van der Waals surface area contributed by atoms with Gasteiger partial charge in [0.15, 0.2) is 0 Å². The molecular weight excluding hydrogens is 198 g/mol. The van der Waals surface area contributed by atoms with E-state index in [1.807, 2.05) is 12.1 Å². The summed E-state index contributed by atoms with van der Waals surface area (Å²) < 4.78 is 0. The van der Waals surface area contributed by atoms with E-state index in [1.54, 1.807) is 0 Å². The molecule has 0 radical (unpaired) electrons. The van der Waals surface area contributed by atoms with Gasteiger partial charge in [-0.15, -0.1) is 0 Å². The van der Waals surface area contributed by atoms with Gasteiger partial charge in [-0.2, -0.15) is 0 Å². The summed E-state index contributed by atoms with van der Waals surface area (Å²) in [7, 11) is 0. The molecule has 0 aromatic heterocycles. The molecule has 1 N–H and O–H groups in total. The molecule has 0 aliphatic carbocycles. The highest BCUT2D eigenvalue weighted by atomic mass is 16.3. The van der Waals surface area contributed by atoms with Crippen LogP contribution in [-0.4, -0.2) is 17.7 Å². The molecule has 0 saturated carbocycles. The second kappa shape index (κ2) is 5.35. The Morgan fingerprint density at radius 3 is 2.62 bits per heavy atom. The molecule has 1 aliphatic heterocycles. The van der Waals surface area contributed by atoms with Crippen molar-refractivity contribution >= 4 is 5.69 Å². The molecule has 1 heterocycles. The van der Waals surface area contributed by atoms with E-state index in [2.05, 4.69) is 24.0 Å².